The van der Waals surface area contributed by atoms with Crippen molar-refractivity contribution in [3.05, 3.63) is 12.2 Å². The van der Waals surface area contributed by atoms with E-state index in [2.05, 4.69) is 15.4 Å². The normalized spacial score (nSPS) is 27.7. The van der Waals surface area contributed by atoms with Crippen LogP contribution in [0.3, 0.4) is 0 Å². The number of carbonyl (C=O) groups is 2. The number of fused-ring (bicyclic) bond motifs is 1. The maximum absolute atomic E-state index is 12.3. The molecule has 3 atom stereocenters. The Kier molecular flexibility index (Phi) is 3.52. The third-order valence-electron chi connectivity index (χ3n) is 4.45. The summed E-state index contributed by atoms with van der Waals surface area (Å²) in [6.07, 6.45) is 4.53. The largest absolute Gasteiger partial charge is 0.480 e. The van der Waals surface area contributed by atoms with Crippen molar-refractivity contribution in [1.82, 2.24) is 25.0 Å². The molecule has 114 valence electrons. The Bertz CT molecular complexity index is 558. The molecular weight excluding hydrogens is 274 g/mol. The van der Waals surface area contributed by atoms with Crippen LogP contribution in [-0.2, 0) is 18.4 Å². The third-order valence-corrected chi connectivity index (χ3v) is 4.45. The number of likely N-dealkylation sites (tertiary alicyclic amines) is 1. The van der Waals surface area contributed by atoms with Gasteiger partial charge in [-0.05, 0) is 24.7 Å². The fraction of sp³-hybridized carbons (Fsp3) is 0.692. The molecule has 0 spiro atoms. The summed E-state index contributed by atoms with van der Waals surface area (Å²) in [6, 6.07) is -1.04. The van der Waals surface area contributed by atoms with Crippen molar-refractivity contribution in [2.24, 2.45) is 18.9 Å². The Hall–Kier alpha value is -2.12. The smallest absolute Gasteiger partial charge is 0.326 e. The molecule has 1 aromatic heterocycles. The van der Waals surface area contributed by atoms with E-state index in [-0.39, 0.29) is 18.5 Å². The Balaban J connectivity index is 1.64. The lowest BCUT2D eigenvalue weighted by atomic mass is 9.94. The van der Waals surface area contributed by atoms with E-state index in [9.17, 15) is 14.7 Å². The predicted octanol–water partition coefficient (Wildman–Crippen LogP) is 0.210. The van der Waals surface area contributed by atoms with E-state index >= 15 is 0 Å². The second-order valence-electron chi connectivity index (χ2n) is 5.78. The number of rotatable bonds is 3. The van der Waals surface area contributed by atoms with Crippen molar-refractivity contribution >= 4 is 12.0 Å². The lowest BCUT2D eigenvalue weighted by Crippen LogP contribution is -2.47. The van der Waals surface area contributed by atoms with Crippen molar-refractivity contribution < 1.29 is 14.7 Å². The molecule has 21 heavy (non-hydrogen) atoms. The van der Waals surface area contributed by atoms with Crippen LogP contribution < -0.4 is 5.32 Å². The number of aliphatic carboxylic acids is 1. The van der Waals surface area contributed by atoms with Crippen LogP contribution in [0.4, 0.5) is 4.79 Å². The molecule has 2 amide bonds. The molecule has 1 saturated carbocycles. The first-order valence-corrected chi connectivity index (χ1v) is 7.18. The average molecular weight is 293 g/mol. The Labute approximate surface area is 122 Å². The topological polar surface area (TPSA) is 100 Å². The maximum atomic E-state index is 12.3. The monoisotopic (exact) mass is 293 g/mol. The first-order valence-electron chi connectivity index (χ1n) is 7.18. The molecule has 3 rings (SSSR count). The van der Waals surface area contributed by atoms with Gasteiger partial charge in [0.15, 0.2) is 5.82 Å². The third kappa shape index (κ3) is 2.57. The van der Waals surface area contributed by atoms with Crippen LogP contribution in [0.15, 0.2) is 6.33 Å². The SMILES string of the molecule is Cn1cnc(CNC(=O)N2CC3CCCC3C2C(=O)O)n1. The van der Waals surface area contributed by atoms with Gasteiger partial charge in [0.1, 0.15) is 12.4 Å². The molecule has 2 N–H and O–H groups in total. The van der Waals surface area contributed by atoms with E-state index < -0.39 is 12.0 Å². The number of nitrogens with one attached hydrogen (secondary N) is 1. The van der Waals surface area contributed by atoms with E-state index in [0.29, 0.717) is 18.3 Å². The molecule has 8 heteroatoms. The molecule has 2 aliphatic rings. The van der Waals surface area contributed by atoms with Crippen LogP contribution in [0.1, 0.15) is 25.1 Å². The summed E-state index contributed by atoms with van der Waals surface area (Å²) in [6.45, 7) is 0.737. The Morgan fingerprint density at radius 3 is 2.95 bits per heavy atom. The molecule has 0 bridgehead atoms. The number of aromatic nitrogens is 3. The summed E-state index contributed by atoms with van der Waals surface area (Å²) < 4.78 is 1.56. The second-order valence-corrected chi connectivity index (χ2v) is 5.78. The summed E-state index contributed by atoms with van der Waals surface area (Å²) in [5, 5.41) is 16.2. The van der Waals surface area contributed by atoms with Gasteiger partial charge in [-0.15, -0.1) is 0 Å². The number of hydrogen-bond acceptors (Lipinski definition) is 4. The van der Waals surface area contributed by atoms with Gasteiger partial charge in [0.2, 0.25) is 0 Å². The second kappa shape index (κ2) is 5.34. The highest BCUT2D eigenvalue weighted by molar-refractivity contribution is 5.83. The van der Waals surface area contributed by atoms with Gasteiger partial charge in [-0.25, -0.2) is 14.6 Å². The van der Waals surface area contributed by atoms with E-state index in [1.54, 1.807) is 18.1 Å². The van der Waals surface area contributed by atoms with E-state index in [1.165, 1.54) is 4.90 Å². The van der Waals surface area contributed by atoms with Crippen molar-refractivity contribution in [3.8, 4) is 0 Å². The molecule has 2 fully saturated rings. The average Bonchev–Trinajstić information content (AvgIpc) is 3.09. The number of urea groups is 1. The molecule has 3 unspecified atom stereocenters. The Morgan fingerprint density at radius 1 is 1.48 bits per heavy atom. The summed E-state index contributed by atoms with van der Waals surface area (Å²) >= 11 is 0. The molecule has 8 nitrogen and oxygen atoms in total. The van der Waals surface area contributed by atoms with Crippen molar-refractivity contribution in [3.63, 3.8) is 0 Å². The first kappa shape index (κ1) is 13.8. The van der Waals surface area contributed by atoms with Crippen LogP contribution in [0.2, 0.25) is 0 Å². The minimum absolute atomic E-state index is 0.0984. The number of hydrogen-bond donors (Lipinski definition) is 2. The van der Waals surface area contributed by atoms with Crippen LogP contribution in [0.25, 0.3) is 0 Å². The van der Waals surface area contributed by atoms with E-state index in [0.717, 1.165) is 19.3 Å². The molecule has 2 heterocycles. The highest BCUT2D eigenvalue weighted by atomic mass is 16.4. The number of carbonyl (C=O) groups excluding carboxylic acids is 1. The fourth-order valence-corrected chi connectivity index (χ4v) is 3.55. The number of nitrogens with zero attached hydrogens (tertiary/aromatic N) is 4. The highest BCUT2D eigenvalue weighted by Crippen LogP contribution is 2.42. The summed E-state index contributed by atoms with van der Waals surface area (Å²) in [5.74, 6) is 0.0266. The van der Waals surface area contributed by atoms with Crippen LogP contribution in [0, 0.1) is 11.8 Å². The zero-order valence-corrected chi connectivity index (χ0v) is 11.9. The molecule has 1 saturated heterocycles. The van der Waals surface area contributed by atoms with Crippen LogP contribution in [-0.4, -0.2) is 49.4 Å². The van der Waals surface area contributed by atoms with Gasteiger partial charge in [0.05, 0.1) is 6.54 Å². The van der Waals surface area contributed by atoms with Gasteiger partial charge in [0.25, 0.3) is 0 Å². The minimum Gasteiger partial charge on any atom is -0.480 e. The molecule has 1 aliphatic carbocycles. The predicted molar refractivity (Wildman–Crippen MR) is 72.2 cm³/mol. The van der Waals surface area contributed by atoms with E-state index in [1.807, 2.05) is 0 Å². The number of carboxylic acids is 1. The van der Waals surface area contributed by atoms with Gasteiger partial charge in [-0.1, -0.05) is 6.42 Å². The van der Waals surface area contributed by atoms with Crippen LogP contribution >= 0.6 is 0 Å². The van der Waals surface area contributed by atoms with Gasteiger partial charge in [-0.3, -0.25) is 4.68 Å². The maximum Gasteiger partial charge on any atom is 0.326 e. The molecule has 0 radical (unpaired) electrons. The summed E-state index contributed by atoms with van der Waals surface area (Å²) in [5.41, 5.74) is 0. The molecule has 1 aliphatic heterocycles. The van der Waals surface area contributed by atoms with Gasteiger partial charge in [-0.2, -0.15) is 5.10 Å². The highest BCUT2D eigenvalue weighted by Gasteiger charge is 2.49. The summed E-state index contributed by atoms with van der Waals surface area (Å²) in [7, 11) is 1.75. The fourth-order valence-electron chi connectivity index (χ4n) is 3.55. The first-order chi connectivity index (χ1) is 10.1. The standard InChI is InChI=1S/C13H19N5O3/c1-17-7-15-10(16-17)5-14-13(21)18-6-8-3-2-4-9(8)11(18)12(19)20/h7-9,11H,2-6H2,1H3,(H,14,21)(H,19,20). The molecular formula is C13H19N5O3. The number of amides is 2. The van der Waals surface area contributed by atoms with Crippen molar-refractivity contribution in [2.75, 3.05) is 6.54 Å². The quantitative estimate of drug-likeness (QED) is 0.829. The zero-order chi connectivity index (χ0) is 15.0. The minimum atomic E-state index is -0.907. The van der Waals surface area contributed by atoms with Crippen molar-refractivity contribution in [1.29, 1.82) is 0 Å². The van der Waals surface area contributed by atoms with E-state index in [4.69, 9.17) is 0 Å². The molecule has 1 aromatic rings. The van der Waals surface area contributed by atoms with Gasteiger partial charge in [0, 0.05) is 13.6 Å². The molecule has 0 aromatic carbocycles. The lowest BCUT2D eigenvalue weighted by Gasteiger charge is -2.24. The number of carboxylic acid groups (broad SMARTS) is 1. The van der Waals surface area contributed by atoms with Gasteiger partial charge < -0.3 is 15.3 Å². The zero-order valence-electron chi connectivity index (χ0n) is 11.9. The van der Waals surface area contributed by atoms with Crippen LogP contribution in [0.5, 0.6) is 0 Å². The van der Waals surface area contributed by atoms with Crippen molar-refractivity contribution in [2.45, 2.75) is 31.8 Å². The number of aryl methyl sites for hydroxylation is 1. The summed E-state index contributed by atoms with van der Waals surface area (Å²) in [4.78, 5) is 29.2. The van der Waals surface area contributed by atoms with Gasteiger partial charge >= 0.3 is 12.0 Å². The lowest BCUT2D eigenvalue weighted by molar-refractivity contribution is -0.142. The Morgan fingerprint density at radius 2 is 2.29 bits per heavy atom.